The topological polar surface area (TPSA) is 41.1 Å². The lowest BCUT2D eigenvalue weighted by Crippen LogP contribution is -2.24. The molecular weight excluding hydrogens is 188 g/mol. The first-order chi connectivity index (χ1) is 7.31. The Hall–Kier alpha value is -1.60. The van der Waals surface area contributed by atoms with E-state index in [0.29, 0.717) is 13.1 Å². The van der Waals surface area contributed by atoms with Gasteiger partial charge in [-0.3, -0.25) is 4.98 Å². The van der Waals surface area contributed by atoms with E-state index < -0.39 is 0 Å². The van der Waals surface area contributed by atoms with Gasteiger partial charge in [0.05, 0.1) is 18.4 Å². The van der Waals surface area contributed by atoms with Gasteiger partial charge in [0.2, 0.25) is 0 Å². The monoisotopic (exact) mass is 204 g/mol. The van der Waals surface area contributed by atoms with Crippen LogP contribution in [0.4, 0.5) is 5.82 Å². The maximum Gasteiger partial charge on any atom is 0.148 e. The second kappa shape index (κ2) is 5.99. The first-order valence-corrected chi connectivity index (χ1v) is 4.95. The van der Waals surface area contributed by atoms with Crippen LogP contribution < -0.4 is 10.2 Å². The van der Waals surface area contributed by atoms with Crippen molar-refractivity contribution < 1.29 is 0 Å². The maximum absolute atomic E-state index is 5.29. The molecule has 0 unspecified atom stereocenters. The summed E-state index contributed by atoms with van der Waals surface area (Å²) < 4.78 is 0. The number of nitrogens with zero attached hydrogens (tertiary/aromatic N) is 3. The van der Waals surface area contributed by atoms with E-state index in [1.54, 1.807) is 12.4 Å². The van der Waals surface area contributed by atoms with Crippen LogP contribution in [-0.4, -0.2) is 30.1 Å². The summed E-state index contributed by atoms with van der Waals surface area (Å²) in [5.41, 5.74) is 0.922. The van der Waals surface area contributed by atoms with Crippen molar-refractivity contribution >= 4 is 5.82 Å². The fourth-order valence-corrected chi connectivity index (χ4v) is 1.28. The molecule has 0 bridgehead atoms. The molecular formula is C11H16N4. The summed E-state index contributed by atoms with van der Waals surface area (Å²) in [6, 6.07) is 0. The zero-order valence-corrected chi connectivity index (χ0v) is 9.20. The first kappa shape index (κ1) is 11.5. The average molecular weight is 204 g/mol. The number of hydrogen-bond donors (Lipinski definition) is 1. The molecule has 0 spiro atoms. The SMILES string of the molecule is C#CCN(CC)c1cncc(CNC)n1. The van der Waals surface area contributed by atoms with E-state index in [2.05, 4.69) is 21.2 Å². The molecule has 0 radical (unpaired) electrons. The van der Waals surface area contributed by atoms with Crippen molar-refractivity contribution in [1.82, 2.24) is 15.3 Å². The molecule has 0 atom stereocenters. The van der Waals surface area contributed by atoms with Crippen molar-refractivity contribution in [2.24, 2.45) is 0 Å². The lowest BCUT2D eigenvalue weighted by atomic mass is 10.4. The number of nitrogens with one attached hydrogen (secondary N) is 1. The highest BCUT2D eigenvalue weighted by atomic mass is 15.2. The van der Waals surface area contributed by atoms with Crippen molar-refractivity contribution in [2.45, 2.75) is 13.5 Å². The summed E-state index contributed by atoms with van der Waals surface area (Å²) in [4.78, 5) is 10.6. The molecule has 0 aromatic carbocycles. The normalized spacial score (nSPS) is 9.67. The van der Waals surface area contributed by atoms with Gasteiger partial charge < -0.3 is 10.2 Å². The van der Waals surface area contributed by atoms with E-state index in [-0.39, 0.29) is 0 Å². The first-order valence-electron chi connectivity index (χ1n) is 4.95. The Labute approximate surface area is 90.7 Å². The number of terminal acetylenes is 1. The summed E-state index contributed by atoms with van der Waals surface area (Å²) in [5.74, 6) is 3.45. The van der Waals surface area contributed by atoms with Crippen molar-refractivity contribution in [1.29, 1.82) is 0 Å². The van der Waals surface area contributed by atoms with Crippen molar-refractivity contribution in [3.63, 3.8) is 0 Å². The third-order valence-corrected chi connectivity index (χ3v) is 2.02. The molecule has 1 aromatic heterocycles. The van der Waals surface area contributed by atoms with Gasteiger partial charge in [-0.2, -0.15) is 0 Å². The van der Waals surface area contributed by atoms with Gasteiger partial charge in [-0.15, -0.1) is 6.42 Å². The van der Waals surface area contributed by atoms with Crippen LogP contribution in [0.5, 0.6) is 0 Å². The molecule has 4 heteroatoms. The van der Waals surface area contributed by atoms with Crippen LogP contribution in [0, 0.1) is 12.3 Å². The summed E-state index contributed by atoms with van der Waals surface area (Å²) in [6.45, 7) is 4.16. The van der Waals surface area contributed by atoms with Gasteiger partial charge in [0.15, 0.2) is 0 Å². The molecule has 1 aromatic rings. The summed E-state index contributed by atoms with van der Waals surface area (Å²) >= 11 is 0. The number of anilines is 1. The predicted octanol–water partition coefficient (Wildman–Crippen LogP) is 0.655. The molecule has 4 nitrogen and oxygen atoms in total. The number of hydrogen-bond acceptors (Lipinski definition) is 4. The van der Waals surface area contributed by atoms with E-state index in [4.69, 9.17) is 6.42 Å². The van der Waals surface area contributed by atoms with Crippen LogP contribution in [0.1, 0.15) is 12.6 Å². The highest BCUT2D eigenvalue weighted by Gasteiger charge is 2.05. The Morgan fingerprint density at radius 3 is 2.93 bits per heavy atom. The molecule has 1 heterocycles. The van der Waals surface area contributed by atoms with E-state index in [0.717, 1.165) is 18.1 Å². The van der Waals surface area contributed by atoms with Gasteiger partial charge in [0.1, 0.15) is 5.82 Å². The third-order valence-electron chi connectivity index (χ3n) is 2.02. The molecule has 0 aliphatic rings. The van der Waals surface area contributed by atoms with Crippen LogP contribution in [0.15, 0.2) is 12.4 Å². The van der Waals surface area contributed by atoms with E-state index in [9.17, 15) is 0 Å². The Balaban J connectivity index is 2.83. The lowest BCUT2D eigenvalue weighted by Gasteiger charge is -2.18. The van der Waals surface area contributed by atoms with Gasteiger partial charge in [0.25, 0.3) is 0 Å². The van der Waals surface area contributed by atoms with Gasteiger partial charge in [-0.05, 0) is 14.0 Å². The summed E-state index contributed by atoms with van der Waals surface area (Å²) in [7, 11) is 1.88. The quantitative estimate of drug-likeness (QED) is 0.715. The number of aromatic nitrogens is 2. The Morgan fingerprint density at radius 1 is 1.53 bits per heavy atom. The Kier molecular flexibility index (Phi) is 4.58. The zero-order valence-electron chi connectivity index (χ0n) is 9.20. The molecule has 80 valence electrons. The second-order valence-corrected chi connectivity index (χ2v) is 3.12. The highest BCUT2D eigenvalue weighted by Crippen LogP contribution is 2.08. The summed E-state index contributed by atoms with van der Waals surface area (Å²) in [6.07, 6.45) is 8.78. The molecule has 0 amide bonds. The van der Waals surface area contributed by atoms with Gasteiger partial charge in [-0.25, -0.2) is 4.98 Å². The molecule has 1 rings (SSSR count). The highest BCUT2D eigenvalue weighted by molar-refractivity contribution is 5.37. The minimum atomic E-state index is 0.564. The predicted molar refractivity (Wildman–Crippen MR) is 61.5 cm³/mol. The van der Waals surface area contributed by atoms with E-state index in [1.165, 1.54) is 0 Å². The number of rotatable bonds is 5. The van der Waals surface area contributed by atoms with Crippen molar-refractivity contribution in [3.8, 4) is 12.3 Å². The van der Waals surface area contributed by atoms with Gasteiger partial charge in [-0.1, -0.05) is 5.92 Å². The van der Waals surface area contributed by atoms with Crippen LogP contribution in [0.3, 0.4) is 0 Å². The van der Waals surface area contributed by atoms with Gasteiger partial charge >= 0.3 is 0 Å². The van der Waals surface area contributed by atoms with E-state index >= 15 is 0 Å². The third kappa shape index (κ3) is 3.22. The molecule has 15 heavy (non-hydrogen) atoms. The van der Waals surface area contributed by atoms with Crippen LogP contribution in [0.2, 0.25) is 0 Å². The van der Waals surface area contributed by atoms with E-state index in [1.807, 2.05) is 18.9 Å². The Bertz CT molecular complexity index is 343. The molecule has 0 saturated carbocycles. The molecule has 0 aliphatic heterocycles. The minimum Gasteiger partial charge on any atom is -0.344 e. The van der Waals surface area contributed by atoms with Crippen molar-refractivity contribution in [3.05, 3.63) is 18.1 Å². The molecule has 0 fully saturated rings. The smallest absolute Gasteiger partial charge is 0.148 e. The molecule has 0 aliphatic carbocycles. The summed E-state index contributed by atoms with van der Waals surface area (Å²) in [5, 5.41) is 3.04. The fourth-order valence-electron chi connectivity index (χ4n) is 1.28. The standard InChI is InChI=1S/C11H16N4/c1-4-6-15(5-2)11-9-13-8-10(14-11)7-12-3/h1,8-9,12H,5-7H2,2-3H3. The van der Waals surface area contributed by atoms with Crippen molar-refractivity contribution in [2.75, 3.05) is 25.0 Å². The van der Waals surface area contributed by atoms with Gasteiger partial charge in [0, 0.05) is 19.3 Å². The molecule has 1 N–H and O–H groups in total. The second-order valence-electron chi connectivity index (χ2n) is 3.12. The Morgan fingerprint density at radius 2 is 2.33 bits per heavy atom. The lowest BCUT2D eigenvalue weighted by molar-refractivity contribution is 0.774. The van der Waals surface area contributed by atoms with Crippen LogP contribution >= 0.6 is 0 Å². The molecule has 0 saturated heterocycles. The average Bonchev–Trinajstić information content (AvgIpc) is 2.27. The van der Waals surface area contributed by atoms with Crippen LogP contribution in [-0.2, 0) is 6.54 Å². The maximum atomic E-state index is 5.29. The van der Waals surface area contributed by atoms with Crippen LogP contribution in [0.25, 0.3) is 0 Å². The minimum absolute atomic E-state index is 0.564. The fraction of sp³-hybridized carbons (Fsp3) is 0.455. The largest absolute Gasteiger partial charge is 0.344 e. The zero-order chi connectivity index (χ0) is 11.1.